The second kappa shape index (κ2) is 8.08. The van der Waals surface area contributed by atoms with Gasteiger partial charge in [-0.25, -0.2) is 0 Å². The fourth-order valence-electron chi connectivity index (χ4n) is 1.90. The monoisotopic (exact) mass is 214 g/mol. The Kier molecular flexibility index (Phi) is 6.98. The molecule has 0 aromatic heterocycles. The van der Waals surface area contributed by atoms with E-state index in [0.717, 1.165) is 38.8 Å². The van der Waals surface area contributed by atoms with Crippen LogP contribution in [0.4, 0.5) is 0 Å². The zero-order valence-corrected chi connectivity index (χ0v) is 10.2. The van der Waals surface area contributed by atoms with Gasteiger partial charge in [0.05, 0.1) is 6.61 Å². The number of hydrogen-bond donors (Lipinski definition) is 2. The summed E-state index contributed by atoms with van der Waals surface area (Å²) in [5.74, 6) is 0.729. The summed E-state index contributed by atoms with van der Waals surface area (Å²) in [5, 5.41) is 7.00. The van der Waals surface area contributed by atoms with Crippen LogP contribution in [0.5, 0.6) is 0 Å². The van der Waals surface area contributed by atoms with E-state index >= 15 is 0 Å². The zero-order valence-electron chi connectivity index (χ0n) is 10.2. The maximum Gasteiger partial charge on any atom is 0.0506 e. The highest BCUT2D eigenvalue weighted by molar-refractivity contribution is 4.70. The van der Waals surface area contributed by atoms with E-state index in [4.69, 9.17) is 4.74 Å². The van der Waals surface area contributed by atoms with Crippen molar-refractivity contribution in [3.8, 4) is 0 Å². The minimum absolute atomic E-state index is 0.568. The van der Waals surface area contributed by atoms with E-state index in [9.17, 15) is 0 Å². The Balaban J connectivity index is 1.97. The molecule has 0 aliphatic carbocycles. The Labute approximate surface area is 94.0 Å². The van der Waals surface area contributed by atoms with Crippen LogP contribution in [0, 0.1) is 5.92 Å². The molecule has 1 heterocycles. The summed E-state index contributed by atoms with van der Waals surface area (Å²) >= 11 is 0. The zero-order chi connectivity index (χ0) is 10.9. The van der Waals surface area contributed by atoms with Crippen molar-refractivity contribution in [2.45, 2.75) is 39.2 Å². The first-order valence-corrected chi connectivity index (χ1v) is 6.34. The molecule has 0 aromatic rings. The molecule has 15 heavy (non-hydrogen) atoms. The molecule has 0 spiro atoms. The number of rotatable bonds is 7. The molecule has 1 saturated heterocycles. The first-order valence-electron chi connectivity index (χ1n) is 6.34. The predicted molar refractivity (Wildman–Crippen MR) is 64.2 cm³/mol. The van der Waals surface area contributed by atoms with E-state index in [2.05, 4.69) is 24.5 Å². The van der Waals surface area contributed by atoms with Crippen LogP contribution in [0.15, 0.2) is 0 Å². The molecular formula is C12H26N2O. The standard InChI is InChI=1S/C12H26N2O/c1-3-6-13-8-11(2)14-9-12-5-4-7-15-10-12/h11-14H,3-10H2,1-2H3. The maximum atomic E-state index is 5.46. The van der Waals surface area contributed by atoms with Crippen LogP contribution < -0.4 is 10.6 Å². The van der Waals surface area contributed by atoms with Crippen LogP contribution in [-0.2, 0) is 4.74 Å². The lowest BCUT2D eigenvalue weighted by Gasteiger charge is -2.24. The first-order chi connectivity index (χ1) is 7.33. The average Bonchev–Trinajstić information content (AvgIpc) is 2.28. The van der Waals surface area contributed by atoms with E-state index in [-0.39, 0.29) is 0 Å². The van der Waals surface area contributed by atoms with Crippen LogP contribution in [-0.4, -0.2) is 38.9 Å². The minimum atomic E-state index is 0.568. The quantitative estimate of drug-likeness (QED) is 0.628. The molecule has 2 N–H and O–H groups in total. The van der Waals surface area contributed by atoms with Gasteiger partial charge in [-0.1, -0.05) is 6.92 Å². The third-order valence-electron chi connectivity index (χ3n) is 2.89. The third kappa shape index (κ3) is 6.13. The SMILES string of the molecule is CCCNCC(C)NCC1CCCOC1. The molecule has 3 heteroatoms. The van der Waals surface area contributed by atoms with Gasteiger partial charge in [0.2, 0.25) is 0 Å². The maximum absolute atomic E-state index is 5.46. The van der Waals surface area contributed by atoms with Gasteiger partial charge >= 0.3 is 0 Å². The van der Waals surface area contributed by atoms with Crippen LogP contribution in [0.2, 0.25) is 0 Å². The Morgan fingerprint density at radius 2 is 2.33 bits per heavy atom. The lowest BCUT2D eigenvalue weighted by molar-refractivity contribution is 0.0540. The second-order valence-corrected chi connectivity index (χ2v) is 4.60. The van der Waals surface area contributed by atoms with Crippen molar-refractivity contribution >= 4 is 0 Å². The highest BCUT2D eigenvalue weighted by Gasteiger charge is 2.14. The van der Waals surface area contributed by atoms with Crippen LogP contribution in [0.1, 0.15) is 33.1 Å². The molecule has 3 nitrogen and oxygen atoms in total. The van der Waals surface area contributed by atoms with Gasteiger partial charge in [-0.05, 0) is 38.6 Å². The number of nitrogens with one attached hydrogen (secondary N) is 2. The van der Waals surface area contributed by atoms with Crippen molar-refractivity contribution in [2.75, 3.05) is 32.8 Å². The number of hydrogen-bond acceptors (Lipinski definition) is 3. The Morgan fingerprint density at radius 3 is 3.00 bits per heavy atom. The third-order valence-corrected chi connectivity index (χ3v) is 2.89. The van der Waals surface area contributed by atoms with Crippen molar-refractivity contribution in [3.05, 3.63) is 0 Å². The van der Waals surface area contributed by atoms with E-state index in [1.165, 1.54) is 19.3 Å². The highest BCUT2D eigenvalue weighted by atomic mass is 16.5. The molecule has 90 valence electrons. The highest BCUT2D eigenvalue weighted by Crippen LogP contribution is 2.12. The molecule has 1 fully saturated rings. The molecule has 0 aromatic carbocycles. The summed E-state index contributed by atoms with van der Waals surface area (Å²) in [6.07, 6.45) is 3.76. The summed E-state index contributed by atoms with van der Waals surface area (Å²) in [6, 6.07) is 0.568. The van der Waals surface area contributed by atoms with Crippen LogP contribution in [0.3, 0.4) is 0 Å². The van der Waals surface area contributed by atoms with Crippen molar-refractivity contribution < 1.29 is 4.74 Å². The van der Waals surface area contributed by atoms with Crippen molar-refractivity contribution in [1.29, 1.82) is 0 Å². The number of ether oxygens (including phenoxy) is 1. The Bertz CT molecular complexity index is 147. The topological polar surface area (TPSA) is 33.3 Å². The van der Waals surface area contributed by atoms with E-state index in [1.54, 1.807) is 0 Å². The largest absolute Gasteiger partial charge is 0.381 e. The Hall–Kier alpha value is -0.120. The molecule has 1 rings (SSSR count). The van der Waals surface area contributed by atoms with Crippen LogP contribution in [0.25, 0.3) is 0 Å². The first kappa shape index (κ1) is 12.9. The van der Waals surface area contributed by atoms with Gasteiger partial charge in [0.1, 0.15) is 0 Å². The van der Waals surface area contributed by atoms with Crippen LogP contribution >= 0.6 is 0 Å². The molecule has 0 bridgehead atoms. The smallest absolute Gasteiger partial charge is 0.0506 e. The fourth-order valence-corrected chi connectivity index (χ4v) is 1.90. The lowest BCUT2D eigenvalue weighted by Crippen LogP contribution is -2.40. The fraction of sp³-hybridized carbons (Fsp3) is 1.00. The molecule has 0 saturated carbocycles. The predicted octanol–water partition coefficient (Wildman–Crippen LogP) is 1.39. The summed E-state index contributed by atoms with van der Waals surface area (Å²) in [4.78, 5) is 0. The summed E-state index contributed by atoms with van der Waals surface area (Å²) in [5.41, 5.74) is 0. The van der Waals surface area contributed by atoms with E-state index < -0.39 is 0 Å². The Morgan fingerprint density at radius 1 is 1.47 bits per heavy atom. The van der Waals surface area contributed by atoms with Crippen molar-refractivity contribution in [2.24, 2.45) is 5.92 Å². The summed E-state index contributed by atoms with van der Waals surface area (Å²) in [7, 11) is 0. The van der Waals surface area contributed by atoms with E-state index in [0.29, 0.717) is 6.04 Å². The molecule has 0 amide bonds. The van der Waals surface area contributed by atoms with Gasteiger partial charge in [0, 0.05) is 25.7 Å². The van der Waals surface area contributed by atoms with Crippen molar-refractivity contribution in [3.63, 3.8) is 0 Å². The molecule has 1 aliphatic heterocycles. The molecule has 0 radical (unpaired) electrons. The van der Waals surface area contributed by atoms with E-state index in [1.807, 2.05) is 0 Å². The van der Waals surface area contributed by atoms with Gasteiger partial charge in [0.25, 0.3) is 0 Å². The normalized spacial score (nSPS) is 24.0. The van der Waals surface area contributed by atoms with Gasteiger partial charge in [0.15, 0.2) is 0 Å². The van der Waals surface area contributed by atoms with Gasteiger partial charge in [-0.2, -0.15) is 0 Å². The van der Waals surface area contributed by atoms with Gasteiger partial charge in [-0.15, -0.1) is 0 Å². The van der Waals surface area contributed by atoms with Gasteiger partial charge < -0.3 is 15.4 Å². The van der Waals surface area contributed by atoms with Crippen molar-refractivity contribution in [1.82, 2.24) is 10.6 Å². The second-order valence-electron chi connectivity index (χ2n) is 4.60. The lowest BCUT2D eigenvalue weighted by atomic mass is 10.0. The molecule has 1 aliphatic rings. The molecular weight excluding hydrogens is 188 g/mol. The van der Waals surface area contributed by atoms with Gasteiger partial charge in [-0.3, -0.25) is 0 Å². The molecule has 2 unspecified atom stereocenters. The summed E-state index contributed by atoms with van der Waals surface area (Å²) < 4.78 is 5.46. The average molecular weight is 214 g/mol. The summed E-state index contributed by atoms with van der Waals surface area (Å²) in [6.45, 7) is 9.65. The minimum Gasteiger partial charge on any atom is -0.381 e. The molecule has 2 atom stereocenters.